The molecule has 9 heteroatoms. The molecule has 0 saturated carbocycles. The van der Waals surface area contributed by atoms with Gasteiger partial charge in [-0.05, 0) is 49.7 Å². The number of carbonyl (C=O) groups excluding carboxylic acids is 1. The van der Waals surface area contributed by atoms with Crippen molar-refractivity contribution in [2.75, 3.05) is 4.31 Å². The predicted octanol–water partition coefficient (Wildman–Crippen LogP) is 4.90. The monoisotopic (exact) mass is 468 g/mol. The van der Waals surface area contributed by atoms with E-state index >= 15 is 0 Å². The number of amides is 1. The van der Waals surface area contributed by atoms with E-state index in [9.17, 15) is 13.6 Å². The molecule has 7 nitrogen and oxygen atoms in total. The van der Waals surface area contributed by atoms with Gasteiger partial charge in [0.25, 0.3) is 5.91 Å². The van der Waals surface area contributed by atoms with Crippen LogP contribution in [0.15, 0.2) is 71.5 Å². The van der Waals surface area contributed by atoms with Gasteiger partial charge in [0.2, 0.25) is 0 Å². The van der Waals surface area contributed by atoms with Crippen molar-refractivity contribution >= 4 is 34.5 Å². The molecule has 0 aliphatic rings. The summed E-state index contributed by atoms with van der Waals surface area (Å²) in [4.78, 5) is 17.2. The molecule has 0 N–H and O–H groups in total. The lowest BCUT2D eigenvalue weighted by Crippen LogP contribution is -2.32. The highest BCUT2D eigenvalue weighted by molar-refractivity contribution is 7.81. The summed E-state index contributed by atoms with van der Waals surface area (Å²) in [6.07, 6.45) is 3.13. The van der Waals surface area contributed by atoms with Crippen LogP contribution in [-0.2, 0) is 17.8 Å². The second-order valence-corrected chi connectivity index (χ2v) is 8.44. The smallest absolute Gasteiger partial charge is 0.289 e. The van der Waals surface area contributed by atoms with Gasteiger partial charge in [0.05, 0.1) is 29.8 Å². The Morgan fingerprint density at radius 1 is 1.19 bits per heavy atom. The van der Waals surface area contributed by atoms with Crippen molar-refractivity contribution in [2.45, 2.75) is 20.4 Å². The molecule has 2 heterocycles. The van der Waals surface area contributed by atoms with E-state index in [2.05, 4.69) is 4.98 Å². The average Bonchev–Trinajstić information content (AvgIpc) is 3.41. The van der Waals surface area contributed by atoms with Crippen LogP contribution >= 0.6 is 11.6 Å². The van der Waals surface area contributed by atoms with Gasteiger partial charge in [-0.1, -0.05) is 41.4 Å². The molecule has 2 aromatic heterocycles. The largest absolute Gasteiger partial charge is 0.755 e. The quantitative estimate of drug-likeness (QED) is 0.375. The normalized spacial score (nSPS) is 12.0. The third-order valence-electron chi connectivity index (χ3n) is 5.00. The van der Waals surface area contributed by atoms with Gasteiger partial charge in [0.15, 0.2) is 0 Å². The van der Waals surface area contributed by atoms with Gasteiger partial charge in [0, 0.05) is 16.8 Å². The number of aromatic nitrogens is 2. The first-order valence-corrected chi connectivity index (χ1v) is 11.1. The Hall–Kier alpha value is -3.20. The number of furan rings is 1. The highest BCUT2D eigenvalue weighted by atomic mass is 35.5. The zero-order valence-corrected chi connectivity index (χ0v) is 18.9. The van der Waals surface area contributed by atoms with Gasteiger partial charge < -0.3 is 13.5 Å². The molecule has 1 amide bonds. The first-order chi connectivity index (χ1) is 15.3. The van der Waals surface area contributed by atoms with E-state index in [1.807, 2.05) is 31.2 Å². The van der Waals surface area contributed by atoms with E-state index in [0.717, 1.165) is 16.7 Å². The third kappa shape index (κ3) is 4.52. The molecule has 0 bridgehead atoms. The standard InChI is InChI=1S/C23H20ClN3O4S/c1-15-5-9-19(10-6-15)27(32(29)30)23(28)21-14-26(16(2)25-21)13-18-8-7-17(12-20(18)24)22-4-3-11-31-22/h3-12,14H,13H2,1-2H3,(H,29,30)/p-1. The number of rotatable bonds is 6. The molecule has 0 saturated heterocycles. The predicted molar refractivity (Wildman–Crippen MR) is 122 cm³/mol. The summed E-state index contributed by atoms with van der Waals surface area (Å²) in [7, 11) is 0. The molecule has 0 fully saturated rings. The van der Waals surface area contributed by atoms with Crippen LogP contribution in [0, 0.1) is 13.8 Å². The maximum atomic E-state index is 13.0. The molecule has 0 spiro atoms. The minimum atomic E-state index is -2.79. The van der Waals surface area contributed by atoms with Crippen LogP contribution in [0.5, 0.6) is 0 Å². The number of imidazole rings is 1. The fraction of sp³-hybridized carbons (Fsp3) is 0.130. The van der Waals surface area contributed by atoms with Gasteiger partial charge in [-0.3, -0.25) is 9.00 Å². The number of hydrogen-bond acceptors (Lipinski definition) is 5. The zero-order chi connectivity index (χ0) is 22.8. The summed E-state index contributed by atoms with van der Waals surface area (Å²) in [6, 6.07) is 15.9. The van der Waals surface area contributed by atoms with Crippen LogP contribution in [0.3, 0.4) is 0 Å². The van der Waals surface area contributed by atoms with Crippen molar-refractivity contribution in [3.8, 4) is 11.3 Å². The van der Waals surface area contributed by atoms with Gasteiger partial charge >= 0.3 is 0 Å². The summed E-state index contributed by atoms with van der Waals surface area (Å²) < 4.78 is 31.4. The molecule has 4 rings (SSSR count). The number of aryl methyl sites for hydroxylation is 2. The Balaban J connectivity index is 1.59. The van der Waals surface area contributed by atoms with Gasteiger partial charge in [-0.15, -0.1) is 0 Å². The van der Waals surface area contributed by atoms with Gasteiger partial charge in [0.1, 0.15) is 17.3 Å². The summed E-state index contributed by atoms with van der Waals surface area (Å²) in [5.74, 6) is 0.537. The van der Waals surface area contributed by atoms with E-state index in [1.54, 1.807) is 48.1 Å². The molecular weight excluding hydrogens is 450 g/mol. The number of hydrogen-bond donors (Lipinski definition) is 0. The van der Waals surface area contributed by atoms with E-state index in [4.69, 9.17) is 16.0 Å². The fourth-order valence-electron chi connectivity index (χ4n) is 3.28. The second-order valence-electron chi connectivity index (χ2n) is 7.24. The topological polar surface area (TPSA) is 91.4 Å². The van der Waals surface area contributed by atoms with Crippen LogP contribution in [0.25, 0.3) is 11.3 Å². The molecule has 0 aliphatic carbocycles. The van der Waals surface area contributed by atoms with Crippen molar-refractivity contribution < 1.29 is 18.0 Å². The number of halogens is 1. The summed E-state index contributed by atoms with van der Waals surface area (Å²) >= 11 is 3.68. The van der Waals surface area contributed by atoms with E-state index in [-0.39, 0.29) is 11.4 Å². The Kier molecular flexibility index (Phi) is 6.27. The lowest BCUT2D eigenvalue weighted by atomic mass is 10.1. The van der Waals surface area contributed by atoms with Crippen molar-refractivity contribution in [2.24, 2.45) is 0 Å². The Labute approximate surface area is 192 Å². The highest BCUT2D eigenvalue weighted by Gasteiger charge is 2.22. The van der Waals surface area contributed by atoms with Crippen LogP contribution in [0.4, 0.5) is 5.69 Å². The summed E-state index contributed by atoms with van der Waals surface area (Å²) in [5, 5.41) is 0.543. The molecule has 164 valence electrons. The van der Waals surface area contributed by atoms with E-state index < -0.39 is 17.2 Å². The molecule has 4 aromatic rings. The van der Waals surface area contributed by atoms with Crippen molar-refractivity contribution in [3.63, 3.8) is 0 Å². The van der Waals surface area contributed by atoms with Crippen LogP contribution < -0.4 is 4.31 Å². The van der Waals surface area contributed by atoms with Crippen molar-refractivity contribution in [1.29, 1.82) is 0 Å². The Morgan fingerprint density at radius 2 is 1.94 bits per heavy atom. The lowest BCUT2D eigenvalue weighted by Gasteiger charge is -2.23. The molecule has 2 aromatic carbocycles. The minimum absolute atomic E-state index is 0.0237. The van der Waals surface area contributed by atoms with Gasteiger partial charge in [-0.2, -0.15) is 0 Å². The summed E-state index contributed by atoms with van der Waals surface area (Å²) in [6.45, 7) is 3.99. The highest BCUT2D eigenvalue weighted by Crippen LogP contribution is 2.27. The molecule has 0 aliphatic heterocycles. The van der Waals surface area contributed by atoms with Crippen molar-refractivity contribution in [3.05, 3.63) is 94.7 Å². The second kappa shape index (κ2) is 9.12. The zero-order valence-electron chi connectivity index (χ0n) is 17.3. The number of carbonyl (C=O) groups is 1. The van der Waals surface area contributed by atoms with Crippen molar-refractivity contribution in [1.82, 2.24) is 9.55 Å². The minimum Gasteiger partial charge on any atom is -0.755 e. The Morgan fingerprint density at radius 3 is 2.56 bits per heavy atom. The van der Waals surface area contributed by atoms with Gasteiger partial charge in [-0.25, -0.2) is 9.29 Å². The van der Waals surface area contributed by atoms with E-state index in [1.165, 1.54) is 6.20 Å². The molecular formula is C23H19ClN3O4S-. The third-order valence-corrected chi connectivity index (χ3v) is 6.02. The van der Waals surface area contributed by atoms with E-state index in [0.29, 0.717) is 27.5 Å². The number of anilines is 1. The number of nitrogens with zero attached hydrogens (tertiary/aromatic N) is 3. The lowest BCUT2D eigenvalue weighted by molar-refractivity contribution is 0.100. The average molecular weight is 469 g/mol. The molecule has 1 atom stereocenters. The molecule has 32 heavy (non-hydrogen) atoms. The maximum Gasteiger partial charge on any atom is 0.289 e. The number of benzene rings is 2. The van der Waals surface area contributed by atoms with Crippen LogP contribution in [0.1, 0.15) is 27.4 Å². The van der Waals surface area contributed by atoms with Crippen LogP contribution in [0.2, 0.25) is 5.02 Å². The summed E-state index contributed by atoms with van der Waals surface area (Å²) in [5.41, 5.74) is 2.90. The SMILES string of the molecule is Cc1ccc(N(C(=O)c2cn(Cc3ccc(-c4ccco4)cc3Cl)c(C)n2)S(=O)[O-])cc1. The first-order valence-electron chi connectivity index (χ1n) is 9.70. The maximum absolute atomic E-state index is 13.0. The molecule has 0 radical (unpaired) electrons. The fourth-order valence-corrected chi connectivity index (χ4v) is 4.04. The Bertz CT molecular complexity index is 1280. The first kappa shape index (κ1) is 22.0. The molecule has 1 unspecified atom stereocenters. The van der Waals surface area contributed by atoms with Crippen LogP contribution in [-0.4, -0.2) is 24.2 Å².